The summed E-state index contributed by atoms with van der Waals surface area (Å²) in [5.41, 5.74) is 4.97. The van der Waals surface area contributed by atoms with Gasteiger partial charge in [0.15, 0.2) is 0 Å². The van der Waals surface area contributed by atoms with Crippen LogP contribution in [0, 0.1) is 0 Å². The molecule has 1 rings (SSSR count). The Labute approximate surface area is 74.8 Å². The molecule has 13 heavy (non-hydrogen) atoms. The van der Waals surface area contributed by atoms with E-state index >= 15 is 0 Å². The van der Waals surface area contributed by atoms with Gasteiger partial charge in [0, 0.05) is 5.92 Å². The molecule has 1 aromatic rings. The lowest BCUT2D eigenvalue weighted by atomic mass is 10.2. The Morgan fingerprint density at radius 3 is 2.92 bits per heavy atom. The van der Waals surface area contributed by atoms with Crippen LogP contribution in [0.5, 0.6) is 0 Å². The molecule has 0 radical (unpaired) electrons. The van der Waals surface area contributed by atoms with Crippen LogP contribution in [0.1, 0.15) is 29.3 Å². The number of nitrogens with zero attached hydrogens (tertiary/aromatic N) is 3. The van der Waals surface area contributed by atoms with Crippen LogP contribution >= 0.6 is 0 Å². The van der Waals surface area contributed by atoms with Crippen molar-refractivity contribution in [1.82, 2.24) is 15.0 Å². The maximum absolute atomic E-state index is 10.7. The van der Waals surface area contributed by atoms with Crippen LogP contribution in [0.15, 0.2) is 6.33 Å². The highest BCUT2D eigenvalue weighted by Crippen LogP contribution is 2.06. The Kier molecular flexibility index (Phi) is 2.86. The number of carbonyl (C=O) groups is 1. The number of hydrogen-bond acceptors (Lipinski definition) is 5. The third kappa shape index (κ3) is 2.19. The molecule has 0 aromatic carbocycles. The minimum Gasteiger partial charge on any atom is -0.396 e. The van der Waals surface area contributed by atoms with E-state index in [1.807, 2.05) is 0 Å². The van der Waals surface area contributed by atoms with Crippen molar-refractivity contribution >= 4 is 5.91 Å². The Morgan fingerprint density at radius 1 is 1.69 bits per heavy atom. The van der Waals surface area contributed by atoms with E-state index in [4.69, 9.17) is 10.8 Å². The third-order valence-electron chi connectivity index (χ3n) is 1.53. The fourth-order valence-corrected chi connectivity index (χ4v) is 0.747. The number of hydrogen-bond donors (Lipinski definition) is 2. The topological polar surface area (TPSA) is 102 Å². The SMILES string of the molecule is C[C@@H](CO)c1ncnc(C(N)=O)n1. The molecule has 1 heterocycles. The van der Waals surface area contributed by atoms with E-state index in [9.17, 15) is 4.79 Å². The summed E-state index contributed by atoms with van der Waals surface area (Å²) < 4.78 is 0. The van der Waals surface area contributed by atoms with Gasteiger partial charge in [0.25, 0.3) is 5.91 Å². The van der Waals surface area contributed by atoms with Gasteiger partial charge in [-0.3, -0.25) is 4.79 Å². The third-order valence-corrected chi connectivity index (χ3v) is 1.53. The number of aliphatic hydroxyl groups is 1. The predicted octanol–water partition coefficient (Wildman–Crippen LogP) is -0.934. The molecule has 0 unspecified atom stereocenters. The molecule has 0 bridgehead atoms. The number of amides is 1. The van der Waals surface area contributed by atoms with E-state index in [0.29, 0.717) is 5.82 Å². The lowest BCUT2D eigenvalue weighted by Crippen LogP contribution is -2.18. The summed E-state index contributed by atoms with van der Waals surface area (Å²) in [7, 11) is 0. The number of nitrogens with two attached hydrogens (primary N) is 1. The highest BCUT2D eigenvalue weighted by atomic mass is 16.3. The van der Waals surface area contributed by atoms with E-state index in [-0.39, 0.29) is 18.3 Å². The van der Waals surface area contributed by atoms with Gasteiger partial charge in [-0.2, -0.15) is 0 Å². The summed E-state index contributed by atoms with van der Waals surface area (Å²) in [4.78, 5) is 21.8. The molecule has 1 amide bonds. The molecule has 1 atom stereocenters. The van der Waals surface area contributed by atoms with E-state index < -0.39 is 5.91 Å². The quantitative estimate of drug-likeness (QED) is 0.628. The molecule has 0 aliphatic heterocycles. The summed E-state index contributed by atoms with van der Waals surface area (Å²) in [5, 5.41) is 8.80. The minimum atomic E-state index is -0.700. The van der Waals surface area contributed by atoms with E-state index in [2.05, 4.69) is 15.0 Å². The second-order valence-corrected chi connectivity index (χ2v) is 2.62. The highest BCUT2D eigenvalue weighted by molar-refractivity contribution is 5.88. The second-order valence-electron chi connectivity index (χ2n) is 2.62. The summed E-state index contributed by atoms with van der Waals surface area (Å²) in [6, 6.07) is 0. The Morgan fingerprint density at radius 2 is 2.38 bits per heavy atom. The average Bonchev–Trinajstić information content (AvgIpc) is 2.17. The van der Waals surface area contributed by atoms with Gasteiger partial charge in [-0.1, -0.05) is 6.92 Å². The van der Waals surface area contributed by atoms with Crippen molar-refractivity contribution in [2.75, 3.05) is 6.61 Å². The maximum Gasteiger partial charge on any atom is 0.286 e. The average molecular weight is 182 g/mol. The van der Waals surface area contributed by atoms with Gasteiger partial charge < -0.3 is 10.8 Å². The fourth-order valence-electron chi connectivity index (χ4n) is 0.747. The van der Waals surface area contributed by atoms with Gasteiger partial charge in [-0.05, 0) is 0 Å². The van der Waals surface area contributed by atoms with E-state index in [1.165, 1.54) is 6.33 Å². The smallest absolute Gasteiger partial charge is 0.286 e. The first-order valence-electron chi connectivity index (χ1n) is 3.74. The number of aliphatic hydroxyl groups excluding tert-OH is 1. The van der Waals surface area contributed by atoms with Gasteiger partial charge in [0.2, 0.25) is 5.82 Å². The largest absolute Gasteiger partial charge is 0.396 e. The molecule has 0 aliphatic carbocycles. The number of carbonyl (C=O) groups excluding carboxylic acids is 1. The van der Waals surface area contributed by atoms with Crippen molar-refractivity contribution in [3.05, 3.63) is 18.0 Å². The first kappa shape index (κ1) is 9.53. The standard InChI is InChI=1S/C7H10N4O2/c1-4(2-12)6-9-3-10-7(11-6)5(8)13/h3-4,12H,2H2,1H3,(H2,8,13)/t4-/m0/s1. The summed E-state index contributed by atoms with van der Waals surface area (Å²) >= 11 is 0. The first-order chi connectivity index (χ1) is 6.15. The van der Waals surface area contributed by atoms with Crippen LogP contribution in [0.3, 0.4) is 0 Å². The minimum absolute atomic E-state index is 0.0784. The lowest BCUT2D eigenvalue weighted by Gasteiger charge is -2.05. The molecule has 0 fully saturated rings. The molecular weight excluding hydrogens is 172 g/mol. The summed E-state index contributed by atoms with van der Waals surface area (Å²) in [6.45, 7) is 1.66. The molecule has 6 heteroatoms. The van der Waals surface area contributed by atoms with Crippen molar-refractivity contribution in [3.8, 4) is 0 Å². The van der Waals surface area contributed by atoms with E-state index in [1.54, 1.807) is 6.92 Å². The van der Waals surface area contributed by atoms with Crippen molar-refractivity contribution in [2.45, 2.75) is 12.8 Å². The van der Waals surface area contributed by atoms with Crippen molar-refractivity contribution < 1.29 is 9.90 Å². The zero-order valence-electron chi connectivity index (χ0n) is 7.14. The van der Waals surface area contributed by atoms with Gasteiger partial charge in [0.05, 0.1) is 6.61 Å². The molecule has 0 aliphatic rings. The van der Waals surface area contributed by atoms with Gasteiger partial charge in [-0.25, -0.2) is 15.0 Å². The van der Waals surface area contributed by atoms with Crippen molar-refractivity contribution in [2.24, 2.45) is 5.73 Å². The molecule has 70 valence electrons. The molecule has 0 saturated heterocycles. The Hall–Kier alpha value is -1.56. The normalized spacial score (nSPS) is 12.5. The number of primary amides is 1. The fraction of sp³-hybridized carbons (Fsp3) is 0.429. The van der Waals surface area contributed by atoms with Crippen LogP contribution in [-0.2, 0) is 0 Å². The van der Waals surface area contributed by atoms with Crippen molar-refractivity contribution in [1.29, 1.82) is 0 Å². The van der Waals surface area contributed by atoms with Gasteiger partial charge in [0.1, 0.15) is 12.2 Å². The second kappa shape index (κ2) is 3.90. The Bertz CT molecular complexity index is 315. The molecule has 0 saturated carbocycles. The van der Waals surface area contributed by atoms with Gasteiger partial charge >= 0.3 is 0 Å². The first-order valence-corrected chi connectivity index (χ1v) is 3.74. The molecule has 6 nitrogen and oxygen atoms in total. The lowest BCUT2D eigenvalue weighted by molar-refractivity contribution is 0.0989. The zero-order chi connectivity index (χ0) is 9.84. The van der Waals surface area contributed by atoms with E-state index in [0.717, 1.165) is 0 Å². The molecule has 1 aromatic heterocycles. The summed E-state index contributed by atoms with van der Waals surface area (Å²) in [5.74, 6) is -0.633. The van der Waals surface area contributed by atoms with Crippen LogP contribution in [0.2, 0.25) is 0 Å². The van der Waals surface area contributed by atoms with Gasteiger partial charge in [-0.15, -0.1) is 0 Å². The monoisotopic (exact) mass is 182 g/mol. The maximum atomic E-state index is 10.7. The molecular formula is C7H10N4O2. The number of aromatic nitrogens is 3. The zero-order valence-corrected chi connectivity index (χ0v) is 7.14. The van der Waals surface area contributed by atoms with Crippen molar-refractivity contribution in [3.63, 3.8) is 0 Å². The van der Waals surface area contributed by atoms with Crippen LogP contribution in [-0.4, -0.2) is 32.6 Å². The Balaban J connectivity index is 2.98. The highest BCUT2D eigenvalue weighted by Gasteiger charge is 2.10. The molecule has 0 spiro atoms. The molecule has 3 N–H and O–H groups in total. The van der Waals surface area contributed by atoms with Crippen LogP contribution in [0.25, 0.3) is 0 Å². The summed E-state index contributed by atoms with van der Waals surface area (Å²) in [6.07, 6.45) is 1.20. The van der Waals surface area contributed by atoms with Crippen LogP contribution < -0.4 is 5.73 Å². The predicted molar refractivity (Wildman–Crippen MR) is 43.8 cm³/mol. The van der Waals surface area contributed by atoms with Crippen LogP contribution in [0.4, 0.5) is 0 Å². The number of rotatable bonds is 3.